The summed E-state index contributed by atoms with van der Waals surface area (Å²) in [4.78, 5) is 4.17. The van der Waals surface area contributed by atoms with Crippen LogP contribution >= 0.6 is 23.1 Å². The molecule has 0 amide bonds. The summed E-state index contributed by atoms with van der Waals surface area (Å²) in [7, 11) is 0. The number of anilines is 2. The maximum atomic E-state index is 12.9. The van der Waals surface area contributed by atoms with E-state index in [1.54, 1.807) is 0 Å². The second kappa shape index (κ2) is 8.21. The molecule has 11 heteroatoms. The highest BCUT2D eigenvalue weighted by atomic mass is 32.2. The second-order valence-corrected chi connectivity index (χ2v) is 7.94. The first-order valence-corrected chi connectivity index (χ1v) is 10.1. The van der Waals surface area contributed by atoms with E-state index in [2.05, 4.69) is 25.7 Å². The van der Waals surface area contributed by atoms with Crippen LogP contribution in [0.3, 0.4) is 0 Å². The molecular formula is C18H12F3N5OS2. The van der Waals surface area contributed by atoms with E-state index < -0.39 is 11.7 Å². The Morgan fingerprint density at radius 2 is 1.86 bits per heavy atom. The lowest BCUT2D eigenvalue weighted by Gasteiger charge is -2.06. The van der Waals surface area contributed by atoms with Crippen LogP contribution in [-0.4, -0.2) is 20.3 Å². The molecule has 0 aliphatic carbocycles. The normalized spacial score (nSPS) is 11.6. The van der Waals surface area contributed by atoms with Crippen LogP contribution in [0, 0.1) is 0 Å². The zero-order chi connectivity index (χ0) is 20.3. The SMILES string of the molecule is FC(F)(F)c1cccc(-c2noc(CSc3nnc(Nc4ccccc4)s3)n2)c1. The average molecular weight is 435 g/mol. The third kappa shape index (κ3) is 4.93. The Morgan fingerprint density at radius 1 is 1.03 bits per heavy atom. The van der Waals surface area contributed by atoms with Gasteiger partial charge in [-0.25, -0.2) is 0 Å². The number of thioether (sulfide) groups is 1. The number of alkyl halides is 3. The average Bonchev–Trinajstić information content (AvgIpc) is 3.36. The molecule has 0 fully saturated rings. The molecule has 2 heterocycles. The molecule has 0 aliphatic rings. The van der Waals surface area contributed by atoms with Gasteiger partial charge in [-0.15, -0.1) is 10.2 Å². The summed E-state index contributed by atoms with van der Waals surface area (Å²) in [5.41, 5.74) is 0.385. The van der Waals surface area contributed by atoms with E-state index in [0.29, 0.717) is 15.2 Å². The van der Waals surface area contributed by atoms with Crippen molar-refractivity contribution in [3.63, 3.8) is 0 Å². The van der Waals surface area contributed by atoms with Gasteiger partial charge in [0, 0.05) is 11.3 Å². The first kappa shape index (κ1) is 19.4. The van der Waals surface area contributed by atoms with Crippen molar-refractivity contribution >= 4 is 33.9 Å². The topological polar surface area (TPSA) is 76.7 Å². The highest BCUT2D eigenvalue weighted by Crippen LogP contribution is 2.32. The number of nitrogens with zero attached hydrogens (tertiary/aromatic N) is 4. The summed E-state index contributed by atoms with van der Waals surface area (Å²) in [6, 6.07) is 14.4. The van der Waals surface area contributed by atoms with E-state index in [1.165, 1.54) is 35.2 Å². The van der Waals surface area contributed by atoms with E-state index in [4.69, 9.17) is 4.52 Å². The van der Waals surface area contributed by atoms with Crippen LogP contribution in [-0.2, 0) is 11.9 Å². The molecule has 0 aliphatic heterocycles. The summed E-state index contributed by atoms with van der Waals surface area (Å²) < 4.78 is 44.4. The number of rotatable bonds is 6. The Hall–Kier alpha value is -2.92. The first-order valence-electron chi connectivity index (χ1n) is 8.26. The Labute approximate surface area is 171 Å². The molecule has 29 heavy (non-hydrogen) atoms. The molecule has 148 valence electrons. The molecule has 0 atom stereocenters. The van der Waals surface area contributed by atoms with Gasteiger partial charge in [0.05, 0.1) is 11.3 Å². The molecule has 2 aromatic heterocycles. The van der Waals surface area contributed by atoms with Crippen molar-refractivity contribution in [1.29, 1.82) is 0 Å². The van der Waals surface area contributed by atoms with E-state index in [-0.39, 0.29) is 17.3 Å². The molecule has 0 unspecified atom stereocenters. The lowest BCUT2D eigenvalue weighted by Crippen LogP contribution is -2.04. The number of aromatic nitrogens is 4. The van der Waals surface area contributed by atoms with Crippen LogP contribution in [0.15, 0.2) is 63.5 Å². The van der Waals surface area contributed by atoms with Gasteiger partial charge in [0.25, 0.3) is 0 Å². The van der Waals surface area contributed by atoms with E-state index >= 15 is 0 Å². The molecule has 1 N–H and O–H groups in total. The molecule has 2 aromatic carbocycles. The van der Waals surface area contributed by atoms with Crippen molar-refractivity contribution in [2.24, 2.45) is 0 Å². The van der Waals surface area contributed by atoms with Gasteiger partial charge in [-0.1, -0.05) is 58.6 Å². The fraction of sp³-hybridized carbons (Fsp3) is 0.111. The summed E-state index contributed by atoms with van der Waals surface area (Å²) >= 11 is 2.72. The highest BCUT2D eigenvalue weighted by Gasteiger charge is 2.30. The van der Waals surface area contributed by atoms with Crippen LogP contribution in [0.4, 0.5) is 24.0 Å². The van der Waals surface area contributed by atoms with Gasteiger partial charge in [0.1, 0.15) is 0 Å². The van der Waals surface area contributed by atoms with Gasteiger partial charge in [-0.2, -0.15) is 18.2 Å². The molecule has 0 saturated heterocycles. The maximum absolute atomic E-state index is 12.9. The van der Waals surface area contributed by atoms with Crippen molar-refractivity contribution < 1.29 is 17.7 Å². The van der Waals surface area contributed by atoms with Crippen molar-refractivity contribution in [3.05, 3.63) is 66.1 Å². The maximum Gasteiger partial charge on any atom is 0.416 e. The van der Waals surface area contributed by atoms with E-state index in [1.807, 2.05) is 30.3 Å². The minimum absolute atomic E-state index is 0.107. The number of benzene rings is 2. The van der Waals surface area contributed by atoms with Crippen molar-refractivity contribution in [3.8, 4) is 11.4 Å². The summed E-state index contributed by atoms with van der Waals surface area (Å²) in [6.45, 7) is 0. The fourth-order valence-corrected chi connectivity index (χ4v) is 3.96. The summed E-state index contributed by atoms with van der Waals surface area (Å²) in [5.74, 6) is 0.719. The fourth-order valence-electron chi connectivity index (χ4n) is 2.35. The Bertz CT molecular complexity index is 1100. The molecule has 0 bridgehead atoms. The minimum atomic E-state index is -4.43. The summed E-state index contributed by atoms with van der Waals surface area (Å²) in [6.07, 6.45) is -4.43. The van der Waals surface area contributed by atoms with E-state index in [9.17, 15) is 13.2 Å². The number of para-hydroxylation sites is 1. The third-order valence-corrected chi connectivity index (χ3v) is 5.62. The molecule has 4 rings (SSSR count). The molecule has 0 saturated carbocycles. The predicted molar refractivity (Wildman–Crippen MR) is 104 cm³/mol. The van der Waals surface area contributed by atoms with Crippen LogP contribution in [0.5, 0.6) is 0 Å². The monoisotopic (exact) mass is 435 g/mol. The lowest BCUT2D eigenvalue weighted by atomic mass is 10.1. The van der Waals surface area contributed by atoms with Crippen molar-refractivity contribution in [2.45, 2.75) is 16.3 Å². The van der Waals surface area contributed by atoms with E-state index in [0.717, 1.165) is 17.8 Å². The third-order valence-electron chi connectivity index (χ3n) is 3.67. The number of hydrogen-bond donors (Lipinski definition) is 1. The molecule has 0 spiro atoms. The van der Waals surface area contributed by atoms with Gasteiger partial charge in [0.2, 0.25) is 16.8 Å². The van der Waals surface area contributed by atoms with Gasteiger partial charge in [0.15, 0.2) is 4.34 Å². The number of nitrogens with one attached hydrogen (secondary N) is 1. The van der Waals surface area contributed by atoms with Crippen LogP contribution in [0.2, 0.25) is 0 Å². The van der Waals surface area contributed by atoms with Crippen molar-refractivity contribution in [2.75, 3.05) is 5.32 Å². The molecule has 6 nitrogen and oxygen atoms in total. The lowest BCUT2D eigenvalue weighted by molar-refractivity contribution is -0.137. The predicted octanol–water partition coefficient (Wildman–Crippen LogP) is 5.64. The number of hydrogen-bond acceptors (Lipinski definition) is 8. The zero-order valence-corrected chi connectivity index (χ0v) is 16.2. The first-order chi connectivity index (χ1) is 14.0. The Morgan fingerprint density at radius 3 is 2.66 bits per heavy atom. The zero-order valence-electron chi connectivity index (χ0n) is 14.6. The van der Waals surface area contributed by atoms with Gasteiger partial charge < -0.3 is 9.84 Å². The van der Waals surface area contributed by atoms with Gasteiger partial charge in [-0.3, -0.25) is 0 Å². The number of halogens is 3. The van der Waals surface area contributed by atoms with Crippen LogP contribution < -0.4 is 5.32 Å². The molecule has 4 aromatic rings. The quantitative estimate of drug-likeness (QED) is 0.393. The Balaban J connectivity index is 1.39. The largest absolute Gasteiger partial charge is 0.416 e. The second-order valence-electron chi connectivity index (χ2n) is 5.74. The molecular weight excluding hydrogens is 423 g/mol. The van der Waals surface area contributed by atoms with Crippen LogP contribution in [0.1, 0.15) is 11.5 Å². The van der Waals surface area contributed by atoms with Crippen molar-refractivity contribution in [1.82, 2.24) is 20.3 Å². The van der Waals surface area contributed by atoms with Gasteiger partial charge in [-0.05, 0) is 24.3 Å². The highest BCUT2D eigenvalue weighted by molar-refractivity contribution is 8.00. The van der Waals surface area contributed by atoms with Crippen LogP contribution in [0.25, 0.3) is 11.4 Å². The van der Waals surface area contributed by atoms with Gasteiger partial charge >= 0.3 is 6.18 Å². The standard InChI is InChI=1S/C18H12F3N5OS2/c19-18(20,21)12-6-4-5-11(9-12)15-23-14(27-26-15)10-28-17-25-24-16(29-17)22-13-7-2-1-3-8-13/h1-9H,10H2,(H,22,24). The Kier molecular flexibility index (Phi) is 5.49. The molecule has 0 radical (unpaired) electrons. The summed E-state index contributed by atoms with van der Waals surface area (Å²) in [5, 5.41) is 15.7. The minimum Gasteiger partial charge on any atom is -0.338 e. The smallest absolute Gasteiger partial charge is 0.338 e.